The van der Waals surface area contributed by atoms with Gasteiger partial charge in [-0.3, -0.25) is 0 Å². The summed E-state index contributed by atoms with van der Waals surface area (Å²) in [6.45, 7) is 7.60. The van der Waals surface area contributed by atoms with Gasteiger partial charge in [0.2, 0.25) is 0 Å². The Bertz CT molecular complexity index is 389. The molecule has 0 aromatic rings. The maximum absolute atomic E-state index is 12.1. The molecule has 0 radical (unpaired) electrons. The van der Waals surface area contributed by atoms with Crippen molar-refractivity contribution in [2.24, 2.45) is 0 Å². The average Bonchev–Trinajstić information content (AvgIpc) is 2.88. The van der Waals surface area contributed by atoms with Crippen LogP contribution in [0.5, 0.6) is 0 Å². The normalized spacial score (nSPS) is 12.9. The van der Waals surface area contributed by atoms with Crippen LogP contribution in [0.4, 0.5) is 0 Å². The Kier molecular flexibility index (Phi) is 25.1. The molecule has 0 aliphatic carbocycles. The number of hydrogen-bond acceptors (Lipinski definition) is 2. The van der Waals surface area contributed by atoms with E-state index in [0.717, 1.165) is 6.47 Å². The van der Waals surface area contributed by atoms with Crippen molar-refractivity contribution in [3.05, 3.63) is 0 Å². The van der Waals surface area contributed by atoms with Crippen LogP contribution in [0.25, 0.3) is 0 Å². The van der Waals surface area contributed by atoms with Crippen molar-refractivity contribution in [2.75, 3.05) is 24.6 Å². The molecule has 0 rings (SSSR count). The zero-order valence-corrected chi connectivity index (χ0v) is 26.5. The Labute approximate surface area is 228 Å². The minimum absolute atomic E-state index is 0.903. The summed E-state index contributed by atoms with van der Waals surface area (Å²) in [5.74, 6) is 0. The number of carbonyl (C=O) groups excluding carboxylic acids is 1. The van der Waals surface area contributed by atoms with E-state index in [9.17, 15) is 4.79 Å². The van der Waals surface area contributed by atoms with Gasteiger partial charge in [0.05, 0.1) is 0 Å². The molecular formula is C33H69O2P. The molecule has 0 N–H and O–H groups in total. The van der Waals surface area contributed by atoms with Gasteiger partial charge in [-0.05, 0) is 0 Å². The Balaban J connectivity index is 5.40. The predicted octanol–water partition coefficient (Wildman–Crippen LogP) is 12.1. The molecule has 0 aliphatic heterocycles. The quantitative estimate of drug-likeness (QED) is 0.0526. The van der Waals surface area contributed by atoms with Gasteiger partial charge < -0.3 is 0 Å². The van der Waals surface area contributed by atoms with E-state index in [1.54, 1.807) is 0 Å². The molecule has 0 unspecified atom stereocenters. The van der Waals surface area contributed by atoms with E-state index in [0.29, 0.717) is 0 Å². The molecule has 0 aliphatic rings. The monoisotopic (exact) mass is 529 g/mol. The van der Waals surface area contributed by atoms with Crippen molar-refractivity contribution >= 4 is 13.3 Å². The van der Waals surface area contributed by atoms with Gasteiger partial charge >= 0.3 is 229 Å². The van der Waals surface area contributed by atoms with Crippen LogP contribution in [0.1, 0.15) is 182 Å². The summed E-state index contributed by atoms with van der Waals surface area (Å²) in [5, 5.41) is 0. The number of hydrogen-bond donors (Lipinski definition) is 0. The Morgan fingerprint density at radius 2 is 0.611 bits per heavy atom. The van der Waals surface area contributed by atoms with Gasteiger partial charge in [-0.2, -0.15) is 0 Å². The molecule has 0 saturated carbocycles. The molecule has 2 nitrogen and oxygen atoms in total. The molecule has 0 aromatic carbocycles. The molecule has 0 fully saturated rings. The van der Waals surface area contributed by atoms with Gasteiger partial charge in [-0.25, -0.2) is 0 Å². The molecule has 0 bridgehead atoms. The second-order valence-electron chi connectivity index (χ2n) is 12.0. The van der Waals surface area contributed by atoms with E-state index in [1.165, 1.54) is 179 Å². The Hall–Kier alpha value is -0.100. The fourth-order valence-electron chi connectivity index (χ4n) is 6.17. The van der Waals surface area contributed by atoms with Crippen LogP contribution in [0.3, 0.4) is 0 Å². The zero-order chi connectivity index (χ0) is 26.7. The molecule has 0 atom stereocenters. The summed E-state index contributed by atoms with van der Waals surface area (Å²) in [6.07, 6.45) is 36.8. The molecule has 3 heteroatoms. The third kappa shape index (κ3) is 18.2. The van der Waals surface area contributed by atoms with E-state index >= 15 is 0 Å². The van der Waals surface area contributed by atoms with E-state index in [4.69, 9.17) is 4.52 Å². The average molecular weight is 529 g/mol. The van der Waals surface area contributed by atoms with E-state index in [2.05, 4.69) is 27.7 Å². The van der Waals surface area contributed by atoms with E-state index in [-0.39, 0.29) is 0 Å². The first-order valence-electron chi connectivity index (χ1n) is 16.7. The first-order chi connectivity index (χ1) is 17.6. The topological polar surface area (TPSA) is 26.3 Å². The Morgan fingerprint density at radius 3 is 0.833 bits per heavy atom. The first kappa shape index (κ1) is 35.9. The summed E-state index contributed by atoms with van der Waals surface area (Å²) in [4.78, 5) is 12.1. The maximum atomic E-state index is 12.1. The molecule has 0 spiro atoms. The zero-order valence-electron chi connectivity index (χ0n) is 25.6. The first-order valence-corrected chi connectivity index (χ1v) is 19.6. The van der Waals surface area contributed by atoms with Crippen LogP contribution >= 0.6 is 6.83 Å². The van der Waals surface area contributed by atoms with Crippen LogP contribution in [0, 0.1) is 0 Å². The molecule has 0 heterocycles. The summed E-state index contributed by atoms with van der Waals surface area (Å²) >= 11 is 0. The van der Waals surface area contributed by atoms with Crippen molar-refractivity contribution in [3.63, 3.8) is 0 Å². The SMILES string of the molecule is CCCCCCCCP(CCCCCCCC)(CCCCCCCC)(CCCCCCCC)OC=O. The number of carbonyl (C=O) groups is 1. The third-order valence-corrected chi connectivity index (χ3v) is 15.1. The van der Waals surface area contributed by atoms with Crippen molar-refractivity contribution < 1.29 is 9.32 Å². The van der Waals surface area contributed by atoms with Crippen LogP contribution in [-0.4, -0.2) is 31.1 Å². The standard InChI is InChI=1S/C33H69O2P/c1-5-9-13-17-21-25-29-36(35-33-34,30-26-22-18-14-10-6-2,31-27-23-19-15-11-7-3)32-28-24-20-16-12-8-4/h33H,5-32H2,1-4H3. The third-order valence-electron chi connectivity index (χ3n) is 8.65. The van der Waals surface area contributed by atoms with Gasteiger partial charge in [0.1, 0.15) is 0 Å². The van der Waals surface area contributed by atoms with Crippen LogP contribution < -0.4 is 0 Å². The van der Waals surface area contributed by atoms with Crippen molar-refractivity contribution in [1.82, 2.24) is 0 Å². The van der Waals surface area contributed by atoms with Crippen LogP contribution in [-0.2, 0) is 9.32 Å². The molecule has 0 aromatic heterocycles. The van der Waals surface area contributed by atoms with Crippen molar-refractivity contribution in [2.45, 2.75) is 182 Å². The van der Waals surface area contributed by atoms with Gasteiger partial charge in [-0.1, -0.05) is 0 Å². The van der Waals surface area contributed by atoms with Crippen molar-refractivity contribution in [3.8, 4) is 0 Å². The summed E-state index contributed by atoms with van der Waals surface area (Å²) in [7, 11) is 0. The minimum atomic E-state index is -2.49. The van der Waals surface area contributed by atoms with E-state index in [1.807, 2.05) is 0 Å². The summed E-state index contributed by atoms with van der Waals surface area (Å²) < 4.78 is 6.58. The molecule has 218 valence electrons. The van der Waals surface area contributed by atoms with Gasteiger partial charge in [0, 0.05) is 0 Å². The molecule has 0 amide bonds. The second-order valence-corrected chi connectivity index (χ2v) is 17.7. The second kappa shape index (κ2) is 25.2. The van der Waals surface area contributed by atoms with Gasteiger partial charge in [0.25, 0.3) is 0 Å². The fourth-order valence-corrected chi connectivity index (χ4v) is 12.3. The van der Waals surface area contributed by atoms with E-state index < -0.39 is 6.83 Å². The number of unbranched alkanes of at least 4 members (excludes halogenated alkanes) is 20. The van der Waals surface area contributed by atoms with Crippen molar-refractivity contribution in [1.29, 1.82) is 0 Å². The Morgan fingerprint density at radius 1 is 0.389 bits per heavy atom. The molecule has 36 heavy (non-hydrogen) atoms. The summed E-state index contributed by atoms with van der Waals surface area (Å²) in [5.41, 5.74) is 0. The predicted molar refractivity (Wildman–Crippen MR) is 167 cm³/mol. The van der Waals surface area contributed by atoms with Crippen LogP contribution in [0.2, 0.25) is 0 Å². The van der Waals surface area contributed by atoms with Gasteiger partial charge in [0.15, 0.2) is 0 Å². The molecular weight excluding hydrogens is 459 g/mol. The van der Waals surface area contributed by atoms with Crippen LogP contribution in [0.15, 0.2) is 0 Å². The van der Waals surface area contributed by atoms with Gasteiger partial charge in [-0.15, -0.1) is 0 Å². The summed E-state index contributed by atoms with van der Waals surface area (Å²) in [6, 6.07) is 0. The fraction of sp³-hybridized carbons (Fsp3) is 0.970. The number of rotatable bonds is 30. The molecule has 0 saturated heterocycles.